The van der Waals surface area contributed by atoms with E-state index in [9.17, 15) is 9.90 Å². The average Bonchev–Trinajstić information content (AvgIpc) is 2.97. The first-order valence-corrected chi connectivity index (χ1v) is 8.92. The molecule has 1 aromatic heterocycles. The fourth-order valence-corrected chi connectivity index (χ4v) is 4.63. The molecule has 1 unspecified atom stereocenters. The van der Waals surface area contributed by atoms with Gasteiger partial charge in [-0.2, -0.15) is 16.7 Å². The van der Waals surface area contributed by atoms with E-state index < -0.39 is 11.4 Å². The molecule has 21 heavy (non-hydrogen) atoms. The van der Waals surface area contributed by atoms with Crippen molar-refractivity contribution in [3.8, 4) is 0 Å². The summed E-state index contributed by atoms with van der Waals surface area (Å²) < 4.78 is 5.36. The average molecular weight is 310 g/mol. The van der Waals surface area contributed by atoms with Crippen LogP contribution >= 0.6 is 11.8 Å². The molecule has 1 N–H and O–H groups in total. The lowest BCUT2D eigenvalue weighted by molar-refractivity contribution is -0.151. The van der Waals surface area contributed by atoms with Crippen LogP contribution in [-0.4, -0.2) is 27.0 Å². The normalized spacial score (nSPS) is 25.6. The molecule has 5 nitrogen and oxygen atoms in total. The topological polar surface area (TPSA) is 76.2 Å². The number of carboxylic acids is 1. The minimum atomic E-state index is -0.714. The van der Waals surface area contributed by atoms with Crippen LogP contribution in [0.15, 0.2) is 4.52 Å². The standard InChI is InChI=1S/C15H22N2O3S/c18-14(19)15(7-3-1-4-8-15)10-12-16-13(17-20-12)11-6-2-5-9-21-11/h11H,1-10H2,(H,18,19). The summed E-state index contributed by atoms with van der Waals surface area (Å²) in [5, 5.41) is 14.0. The van der Waals surface area contributed by atoms with E-state index in [-0.39, 0.29) is 0 Å². The third kappa shape index (κ3) is 3.25. The molecule has 1 saturated carbocycles. The molecule has 0 spiro atoms. The zero-order chi connectivity index (χ0) is 14.7. The Labute approximate surface area is 128 Å². The predicted octanol–water partition coefficient (Wildman–Crippen LogP) is 3.61. The van der Waals surface area contributed by atoms with E-state index in [0.29, 0.717) is 17.6 Å². The van der Waals surface area contributed by atoms with Gasteiger partial charge in [0, 0.05) is 6.42 Å². The SMILES string of the molecule is O=C(O)C1(Cc2nc(C3CCCCS3)no2)CCCCC1. The van der Waals surface area contributed by atoms with E-state index in [1.54, 1.807) is 0 Å². The Balaban J connectivity index is 1.71. The molecule has 0 amide bonds. The minimum absolute atomic E-state index is 0.323. The molecule has 0 radical (unpaired) electrons. The van der Waals surface area contributed by atoms with Crippen LogP contribution in [0.25, 0.3) is 0 Å². The zero-order valence-corrected chi connectivity index (χ0v) is 13.0. The summed E-state index contributed by atoms with van der Waals surface area (Å²) in [6.45, 7) is 0. The van der Waals surface area contributed by atoms with Crippen LogP contribution in [0.4, 0.5) is 0 Å². The van der Waals surface area contributed by atoms with Crippen molar-refractivity contribution >= 4 is 17.7 Å². The van der Waals surface area contributed by atoms with E-state index in [0.717, 1.165) is 50.1 Å². The molecule has 1 aromatic rings. The number of hydrogen-bond acceptors (Lipinski definition) is 5. The van der Waals surface area contributed by atoms with Crippen molar-refractivity contribution in [1.29, 1.82) is 0 Å². The maximum atomic E-state index is 11.7. The highest BCUT2D eigenvalue weighted by Crippen LogP contribution is 2.40. The van der Waals surface area contributed by atoms with E-state index in [1.807, 2.05) is 11.8 Å². The summed E-state index contributed by atoms with van der Waals surface area (Å²) in [6.07, 6.45) is 8.46. The molecular formula is C15H22N2O3S. The lowest BCUT2D eigenvalue weighted by Gasteiger charge is -2.31. The van der Waals surface area contributed by atoms with Gasteiger partial charge in [-0.25, -0.2) is 0 Å². The number of aromatic nitrogens is 2. The van der Waals surface area contributed by atoms with Gasteiger partial charge in [0.2, 0.25) is 5.89 Å². The Morgan fingerprint density at radius 2 is 2.10 bits per heavy atom. The van der Waals surface area contributed by atoms with Gasteiger partial charge in [-0.15, -0.1) is 0 Å². The molecule has 0 bridgehead atoms. The predicted molar refractivity (Wildman–Crippen MR) is 80.2 cm³/mol. The van der Waals surface area contributed by atoms with Crippen LogP contribution in [0.5, 0.6) is 0 Å². The molecular weight excluding hydrogens is 288 g/mol. The molecule has 1 aliphatic heterocycles. The first-order valence-electron chi connectivity index (χ1n) is 7.87. The molecule has 2 aliphatic rings. The largest absolute Gasteiger partial charge is 0.481 e. The van der Waals surface area contributed by atoms with Crippen molar-refractivity contribution in [2.75, 3.05) is 5.75 Å². The lowest BCUT2D eigenvalue weighted by atomic mass is 9.72. The van der Waals surface area contributed by atoms with Gasteiger partial charge in [-0.05, 0) is 31.4 Å². The number of nitrogens with zero attached hydrogens (tertiary/aromatic N) is 2. The van der Waals surface area contributed by atoms with Crippen LogP contribution in [0.3, 0.4) is 0 Å². The maximum absolute atomic E-state index is 11.7. The van der Waals surface area contributed by atoms with Gasteiger partial charge in [0.05, 0.1) is 10.7 Å². The van der Waals surface area contributed by atoms with Gasteiger partial charge in [0.1, 0.15) is 0 Å². The Kier molecular flexibility index (Phi) is 4.52. The van der Waals surface area contributed by atoms with Crippen molar-refractivity contribution in [2.24, 2.45) is 5.41 Å². The van der Waals surface area contributed by atoms with Gasteiger partial charge in [-0.3, -0.25) is 4.79 Å². The van der Waals surface area contributed by atoms with Gasteiger partial charge >= 0.3 is 5.97 Å². The van der Waals surface area contributed by atoms with Crippen LogP contribution in [0.2, 0.25) is 0 Å². The number of carbonyl (C=O) groups is 1. The van der Waals surface area contributed by atoms with E-state index in [2.05, 4.69) is 10.1 Å². The molecule has 1 atom stereocenters. The molecule has 0 aromatic carbocycles. The lowest BCUT2D eigenvalue weighted by Crippen LogP contribution is -2.35. The molecule has 1 aliphatic carbocycles. The Bertz CT molecular complexity index is 491. The first kappa shape index (κ1) is 14.9. The van der Waals surface area contributed by atoms with E-state index in [4.69, 9.17) is 4.52 Å². The summed E-state index contributed by atoms with van der Waals surface area (Å²) in [7, 11) is 0. The molecule has 3 rings (SSSR count). The Hall–Kier alpha value is -1.04. The third-order valence-electron chi connectivity index (χ3n) is 4.71. The van der Waals surface area contributed by atoms with Crippen molar-refractivity contribution in [3.63, 3.8) is 0 Å². The fraction of sp³-hybridized carbons (Fsp3) is 0.800. The summed E-state index contributed by atoms with van der Waals surface area (Å²) in [5.74, 6) is 1.69. The summed E-state index contributed by atoms with van der Waals surface area (Å²) in [4.78, 5) is 16.2. The van der Waals surface area contributed by atoms with Gasteiger partial charge in [-0.1, -0.05) is 30.8 Å². The molecule has 1 saturated heterocycles. The van der Waals surface area contributed by atoms with Gasteiger partial charge in [0.15, 0.2) is 5.82 Å². The van der Waals surface area contributed by atoms with Gasteiger partial charge < -0.3 is 9.63 Å². The summed E-state index contributed by atoms with van der Waals surface area (Å²) in [5.41, 5.74) is -0.693. The number of aliphatic carboxylic acids is 1. The molecule has 2 heterocycles. The maximum Gasteiger partial charge on any atom is 0.310 e. The number of rotatable bonds is 4. The second-order valence-corrected chi connectivity index (χ2v) is 7.54. The number of carboxylic acid groups (broad SMARTS) is 1. The summed E-state index contributed by atoms with van der Waals surface area (Å²) in [6, 6.07) is 0. The number of hydrogen-bond donors (Lipinski definition) is 1. The molecule has 6 heteroatoms. The highest BCUT2D eigenvalue weighted by atomic mass is 32.2. The van der Waals surface area contributed by atoms with Gasteiger partial charge in [0.25, 0.3) is 0 Å². The monoisotopic (exact) mass is 310 g/mol. The number of thioether (sulfide) groups is 1. The Morgan fingerprint density at radius 1 is 1.29 bits per heavy atom. The van der Waals surface area contributed by atoms with Crippen LogP contribution in [0.1, 0.15) is 68.3 Å². The third-order valence-corrected chi connectivity index (χ3v) is 6.08. The highest BCUT2D eigenvalue weighted by molar-refractivity contribution is 7.99. The smallest absolute Gasteiger partial charge is 0.310 e. The van der Waals surface area contributed by atoms with Crippen molar-refractivity contribution in [3.05, 3.63) is 11.7 Å². The molecule has 116 valence electrons. The zero-order valence-electron chi connectivity index (χ0n) is 12.2. The second kappa shape index (κ2) is 6.38. The van der Waals surface area contributed by atoms with Crippen molar-refractivity contribution in [2.45, 2.75) is 63.0 Å². The van der Waals surface area contributed by atoms with Crippen LogP contribution in [0, 0.1) is 5.41 Å². The van der Waals surface area contributed by atoms with E-state index >= 15 is 0 Å². The van der Waals surface area contributed by atoms with E-state index in [1.165, 1.54) is 12.8 Å². The van der Waals surface area contributed by atoms with Crippen molar-refractivity contribution in [1.82, 2.24) is 10.1 Å². The van der Waals surface area contributed by atoms with Crippen molar-refractivity contribution < 1.29 is 14.4 Å². The summed E-state index contributed by atoms with van der Waals surface area (Å²) >= 11 is 1.88. The first-order chi connectivity index (χ1) is 10.2. The minimum Gasteiger partial charge on any atom is -0.481 e. The highest BCUT2D eigenvalue weighted by Gasteiger charge is 2.41. The van der Waals surface area contributed by atoms with Crippen LogP contribution in [-0.2, 0) is 11.2 Å². The second-order valence-electron chi connectivity index (χ2n) is 6.22. The fourth-order valence-electron chi connectivity index (χ4n) is 3.40. The molecule has 2 fully saturated rings. The quantitative estimate of drug-likeness (QED) is 0.915. The Morgan fingerprint density at radius 3 is 2.76 bits per heavy atom. The van der Waals surface area contributed by atoms with Crippen LogP contribution < -0.4 is 0 Å².